The summed E-state index contributed by atoms with van der Waals surface area (Å²) in [6.07, 6.45) is 0. The minimum Gasteiger partial charge on any atom is -0.507 e. The van der Waals surface area contributed by atoms with Crippen LogP contribution in [0.5, 0.6) is 5.75 Å². The van der Waals surface area contributed by atoms with Crippen molar-refractivity contribution >= 4 is 52.0 Å². The van der Waals surface area contributed by atoms with E-state index in [2.05, 4.69) is 0 Å². The van der Waals surface area contributed by atoms with Crippen molar-refractivity contribution in [3.05, 3.63) is 93.0 Å². The van der Waals surface area contributed by atoms with Crippen molar-refractivity contribution in [2.75, 3.05) is 31.0 Å². The highest BCUT2D eigenvalue weighted by Crippen LogP contribution is 2.44. The Balaban J connectivity index is 1.96. The number of nitrogens with zero attached hydrogens (tertiary/aromatic N) is 2. The fraction of sp³-hybridized carbons (Fsp3) is 0.154. The van der Waals surface area contributed by atoms with Crippen LogP contribution in [0.1, 0.15) is 17.2 Å². The molecule has 1 amide bonds. The molecule has 0 radical (unpaired) electrons. The Morgan fingerprint density at radius 2 is 1.58 bits per heavy atom. The van der Waals surface area contributed by atoms with Gasteiger partial charge in [-0.25, -0.2) is 8.78 Å². The molecule has 3 aromatic rings. The third-order valence-electron chi connectivity index (χ3n) is 5.83. The number of hydrogen-bond acceptors (Lipinski definition) is 5. The summed E-state index contributed by atoms with van der Waals surface area (Å²) < 4.78 is 32.9. The van der Waals surface area contributed by atoms with Crippen LogP contribution in [-0.4, -0.2) is 38.0 Å². The van der Waals surface area contributed by atoms with Crippen molar-refractivity contribution in [3.8, 4) is 5.75 Å². The number of rotatable bonds is 5. The van der Waals surface area contributed by atoms with Crippen molar-refractivity contribution in [1.29, 1.82) is 0 Å². The zero-order chi connectivity index (χ0) is 26.3. The van der Waals surface area contributed by atoms with E-state index >= 15 is 0 Å². The lowest BCUT2D eigenvalue weighted by atomic mass is 9.94. The quantitative estimate of drug-likeness (QED) is 0.249. The molecule has 6 nitrogen and oxygen atoms in total. The summed E-state index contributed by atoms with van der Waals surface area (Å²) in [6, 6.07) is 11.3. The highest BCUT2D eigenvalue weighted by molar-refractivity contribution is 6.51. The normalized spacial score (nSPS) is 17.0. The van der Waals surface area contributed by atoms with Gasteiger partial charge in [-0.05, 0) is 42.0 Å². The number of methoxy groups -OCH3 is 1. The van der Waals surface area contributed by atoms with Gasteiger partial charge < -0.3 is 14.7 Å². The van der Waals surface area contributed by atoms with E-state index in [0.29, 0.717) is 5.56 Å². The molecule has 0 aliphatic carbocycles. The monoisotopic (exact) mass is 532 g/mol. The predicted molar refractivity (Wildman–Crippen MR) is 135 cm³/mol. The molecule has 10 heteroatoms. The summed E-state index contributed by atoms with van der Waals surface area (Å²) in [5, 5.41) is 11.4. The molecular formula is C26H20Cl2F2N2O4. The van der Waals surface area contributed by atoms with E-state index in [0.717, 1.165) is 22.7 Å². The van der Waals surface area contributed by atoms with Gasteiger partial charge in [0, 0.05) is 37.1 Å². The number of hydrogen-bond donors (Lipinski definition) is 1. The summed E-state index contributed by atoms with van der Waals surface area (Å²) in [5.74, 6) is -4.69. The van der Waals surface area contributed by atoms with Gasteiger partial charge in [0.25, 0.3) is 11.7 Å². The average molecular weight is 533 g/mol. The number of aliphatic hydroxyl groups excluding tert-OH is 1. The zero-order valence-electron chi connectivity index (χ0n) is 19.4. The second-order valence-electron chi connectivity index (χ2n) is 8.23. The number of ketones is 1. The van der Waals surface area contributed by atoms with Crippen LogP contribution in [-0.2, 0) is 9.59 Å². The maximum atomic E-state index is 14.1. The molecule has 0 bridgehead atoms. The van der Waals surface area contributed by atoms with E-state index in [1.807, 2.05) is 19.0 Å². The van der Waals surface area contributed by atoms with Crippen LogP contribution in [0.2, 0.25) is 10.0 Å². The van der Waals surface area contributed by atoms with E-state index in [1.165, 1.54) is 25.3 Å². The number of halogens is 4. The van der Waals surface area contributed by atoms with Gasteiger partial charge in [-0.15, -0.1) is 0 Å². The number of anilines is 2. The standard InChI is InChI=1S/C26H20Cl2F2N2O4/c1-31(2)15-6-4-13(5-7-15)22-21(23(33)14-10-17(27)25(36-3)18(28)11-14)24(34)26(35)32(22)16-8-9-19(29)20(30)12-16/h4-12,22,33H,1-3H3/b23-21+. The minimum absolute atomic E-state index is 0.0532. The molecule has 1 fully saturated rings. The lowest BCUT2D eigenvalue weighted by Crippen LogP contribution is -2.29. The highest BCUT2D eigenvalue weighted by Gasteiger charge is 2.47. The Bertz CT molecular complexity index is 1380. The fourth-order valence-corrected chi connectivity index (χ4v) is 4.69. The molecule has 1 atom stereocenters. The molecule has 1 saturated heterocycles. The van der Waals surface area contributed by atoms with E-state index < -0.39 is 35.1 Å². The van der Waals surface area contributed by atoms with Crippen LogP contribution in [0.15, 0.2) is 60.2 Å². The van der Waals surface area contributed by atoms with Crippen molar-refractivity contribution in [2.24, 2.45) is 0 Å². The van der Waals surface area contributed by atoms with Crippen LogP contribution < -0.4 is 14.5 Å². The first-order valence-corrected chi connectivity index (χ1v) is 11.4. The Labute approximate surface area is 215 Å². The van der Waals surface area contributed by atoms with Crippen LogP contribution >= 0.6 is 23.2 Å². The summed E-state index contributed by atoms with van der Waals surface area (Å²) >= 11 is 12.4. The fourth-order valence-electron chi connectivity index (χ4n) is 4.05. The lowest BCUT2D eigenvalue weighted by Gasteiger charge is -2.26. The van der Waals surface area contributed by atoms with Gasteiger partial charge in [0.15, 0.2) is 17.4 Å². The van der Waals surface area contributed by atoms with E-state index in [-0.39, 0.29) is 32.6 Å². The summed E-state index contributed by atoms with van der Waals surface area (Å²) in [6.45, 7) is 0. The Kier molecular flexibility index (Phi) is 6.93. The third-order valence-corrected chi connectivity index (χ3v) is 6.39. The van der Waals surface area contributed by atoms with Crippen LogP contribution in [0.3, 0.4) is 0 Å². The van der Waals surface area contributed by atoms with Gasteiger partial charge in [0.1, 0.15) is 5.76 Å². The lowest BCUT2D eigenvalue weighted by molar-refractivity contribution is -0.132. The number of carbonyl (C=O) groups excluding carboxylic acids is 2. The van der Waals surface area contributed by atoms with Crippen molar-refractivity contribution in [2.45, 2.75) is 6.04 Å². The molecule has 1 heterocycles. The molecule has 1 aliphatic rings. The Hall–Kier alpha value is -3.62. The molecule has 1 aliphatic heterocycles. The Morgan fingerprint density at radius 3 is 2.11 bits per heavy atom. The number of Topliss-reactive ketones (excluding diaryl/α,β-unsaturated/α-hetero) is 1. The average Bonchev–Trinajstić information content (AvgIpc) is 3.10. The SMILES string of the molecule is COc1c(Cl)cc(/C(O)=C2\C(=O)C(=O)N(c3ccc(F)c(F)c3)C2c2ccc(N(C)C)cc2)cc1Cl. The molecule has 186 valence electrons. The van der Waals surface area contributed by atoms with E-state index in [9.17, 15) is 23.5 Å². The van der Waals surface area contributed by atoms with Crippen molar-refractivity contribution < 1.29 is 28.2 Å². The van der Waals surface area contributed by atoms with Crippen molar-refractivity contribution in [3.63, 3.8) is 0 Å². The first-order valence-electron chi connectivity index (χ1n) is 10.6. The minimum atomic E-state index is -1.19. The molecule has 0 saturated carbocycles. The largest absolute Gasteiger partial charge is 0.507 e. The number of aliphatic hydroxyl groups is 1. The van der Waals surface area contributed by atoms with Gasteiger partial charge in [0.2, 0.25) is 0 Å². The van der Waals surface area contributed by atoms with Gasteiger partial charge in [-0.3, -0.25) is 14.5 Å². The van der Waals surface area contributed by atoms with Crippen molar-refractivity contribution in [1.82, 2.24) is 0 Å². The zero-order valence-corrected chi connectivity index (χ0v) is 20.9. The first-order chi connectivity index (χ1) is 17.0. The predicted octanol–water partition coefficient (Wildman–Crippen LogP) is 5.97. The molecule has 36 heavy (non-hydrogen) atoms. The van der Waals surface area contributed by atoms with E-state index in [1.54, 1.807) is 24.3 Å². The second-order valence-corrected chi connectivity index (χ2v) is 9.04. The highest BCUT2D eigenvalue weighted by atomic mass is 35.5. The van der Waals surface area contributed by atoms with Gasteiger partial charge in [-0.2, -0.15) is 0 Å². The molecule has 0 aromatic heterocycles. The van der Waals surface area contributed by atoms with Crippen LogP contribution in [0.4, 0.5) is 20.2 Å². The van der Waals surface area contributed by atoms with Gasteiger partial charge in [-0.1, -0.05) is 35.3 Å². The maximum absolute atomic E-state index is 14.1. The summed E-state index contributed by atoms with van der Waals surface area (Å²) in [5.41, 5.74) is 1.06. The van der Waals surface area contributed by atoms with Gasteiger partial charge in [0.05, 0.1) is 28.8 Å². The number of benzene rings is 3. The smallest absolute Gasteiger partial charge is 0.300 e. The molecular weight excluding hydrogens is 513 g/mol. The summed E-state index contributed by atoms with van der Waals surface area (Å²) in [7, 11) is 5.07. The van der Waals surface area contributed by atoms with Crippen LogP contribution in [0.25, 0.3) is 5.76 Å². The second kappa shape index (κ2) is 9.79. The number of amides is 1. The van der Waals surface area contributed by atoms with E-state index in [4.69, 9.17) is 27.9 Å². The third kappa shape index (κ3) is 4.38. The molecule has 3 aromatic carbocycles. The maximum Gasteiger partial charge on any atom is 0.300 e. The first kappa shape index (κ1) is 25.5. The molecule has 4 rings (SSSR count). The van der Waals surface area contributed by atoms with Crippen LogP contribution in [0, 0.1) is 11.6 Å². The molecule has 0 spiro atoms. The number of carbonyl (C=O) groups is 2. The summed E-state index contributed by atoms with van der Waals surface area (Å²) in [4.78, 5) is 29.3. The number of ether oxygens (including phenoxy) is 1. The molecule has 1 N–H and O–H groups in total. The van der Waals surface area contributed by atoms with Gasteiger partial charge >= 0.3 is 0 Å². The Morgan fingerprint density at radius 1 is 0.972 bits per heavy atom. The topological polar surface area (TPSA) is 70.1 Å². The molecule has 1 unspecified atom stereocenters.